The Morgan fingerprint density at radius 2 is 1.19 bits per heavy atom. The minimum Gasteiger partial charge on any atom is -0.507 e. The van der Waals surface area contributed by atoms with Crippen molar-refractivity contribution in [3.63, 3.8) is 0 Å². The summed E-state index contributed by atoms with van der Waals surface area (Å²) in [4.78, 5) is 42.6. The maximum absolute atomic E-state index is 10.3. The summed E-state index contributed by atoms with van der Waals surface area (Å²) >= 11 is 0. The van der Waals surface area contributed by atoms with Crippen LogP contribution in [0.15, 0.2) is 73.3 Å². The zero-order valence-electron chi connectivity index (χ0n) is 24.0. The van der Waals surface area contributed by atoms with Gasteiger partial charge in [0.25, 0.3) is 0 Å². The van der Waals surface area contributed by atoms with Crippen LogP contribution in [0.3, 0.4) is 0 Å². The zero-order valence-corrected chi connectivity index (χ0v) is 24.0. The quantitative estimate of drug-likeness (QED) is 0.319. The first-order valence-corrected chi connectivity index (χ1v) is 13.7. The number of aromatic hydroxyl groups is 1. The lowest BCUT2D eigenvalue weighted by molar-refractivity contribution is -0.143. The molecule has 4 N–H and O–H groups in total. The van der Waals surface area contributed by atoms with Gasteiger partial charge >= 0.3 is 17.9 Å². The van der Waals surface area contributed by atoms with Crippen LogP contribution in [0, 0.1) is 0 Å². The second kappa shape index (κ2) is 18.2. The van der Waals surface area contributed by atoms with E-state index in [0.717, 1.165) is 0 Å². The summed E-state index contributed by atoms with van der Waals surface area (Å²) in [7, 11) is 4.37. The van der Waals surface area contributed by atoms with Crippen molar-refractivity contribution in [2.45, 2.75) is 50.6 Å². The number of likely N-dealkylation sites (tertiary alicyclic amines) is 2. The maximum Gasteiger partial charge on any atom is 0.339 e. The summed E-state index contributed by atoms with van der Waals surface area (Å²) in [5.41, 5.74) is 2.65. The van der Waals surface area contributed by atoms with Crippen molar-refractivity contribution in [3.8, 4) is 5.75 Å². The number of rotatable bonds is 6. The molecular formula is C31H40N4O7. The van der Waals surface area contributed by atoms with Gasteiger partial charge in [-0.25, -0.2) is 4.79 Å². The predicted molar refractivity (Wildman–Crippen MR) is 157 cm³/mol. The van der Waals surface area contributed by atoms with Crippen LogP contribution in [0.1, 0.15) is 72.1 Å². The number of aromatic nitrogens is 2. The lowest BCUT2D eigenvalue weighted by Crippen LogP contribution is -2.17. The molecule has 5 rings (SSSR count). The summed E-state index contributed by atoms with van der Waals surface area (Å²) < 4.78 is 0. The van der Waals surface area contributed by atoms with Gasteiger partial charge in [-0.3, -0.25) is 29.4 Å². The average molecular weight is 581 g/mol. The third-order valence-electron chi connectivity index (χ3n) is 6.87. The number of aromatic carboxylic acids is 1. The number of para-hydroxylation sites is 1. The van der Waals surface area contributed by atoms with Crippen molar-refractivity contribution in [2.24, 2.45) is 0 Å². The molecule has 0 radical (unpaired) electrons. The fraction of sp³-hybridized carbons (Fsp3) is 0.387. The van der Waals surface area contributed by atoms with Gasteiger partial charge in [0.2, 0.25) is 0 Å². The van der Waals surface area contributed by atoms with Gasteiger partial charge in [0.05, 0.1) is 12.8 Å². The number of hydrogen-bond donors (Lipinski definition) is 4. The first kappa shape index (κ1) is 33.9. The predicted octanol–water partition coefficient (Wildman–Crippen LogP) is 4.72. The molecule has 2 aliphatic rings. The van der Waals surface area contributed by atoms with Crippen molar-refractivity contribution in [2.75, 3.05) is 27.2 Å². The molecule has 226 valence electrons. The molecule has 2 aromatic heterocycles. The highest BCUT2D eigenvalue weighted by Gasteiger charge is 2.22. The number of benzene rings is 1. The smallest absolute Gasteiger partial charge is 0.339 e. The topological polar surface area (TPSA) is 164 Å². The molecule has 1 aromatic carbocycles. The van der Waals surface area contributed by atoms with E-state index in [1.54, 1.807) is 12.1 Å². The second-order valence-electron chi connectivity index (χ2n) is 9.96. The monoisotopic (exact) mass is 580 g/mol. The summed E-state index contributed by atoms with van der Waals surface area (Å²) in [5.74, 6) is -3.46. The van der Waals surface area contributed by atoms with Crippen LogP contribution < -0.4 is 0 Å². The molecule has 2 aliphatic heterocycles. The molecule has 11 nitrogen and oxygen atoms in total. The van der Waals surface area contributed by atoms with E-state index in [-0.39, 0.29) is 24.2 Å². The summed E-state index contributed by atoms with van der Waals surface area (Å²) in [6.07, 6.45) is 12.2. The highest BCUT2D eigenvalue weighted by Crippen LogP contribution is 2.30. The van der Waals surface area contributed by atoms with Crippen molar-refractivity contribution in [1.82, 2.24) is 19.8 Å². The molecular weight excluding hydrogens is 540 g/mol. The van der Waals surface area contributed by atoms with E-state index < -0.39 is 17.9 Å². The van der Waals surface area contributed by atoms with Crippen molar-refractivity contribution >= 4 is 17.9 Å². The Labute approximate surface area is 246 Å². The molecule has 2 saturated heterocycles. The normalized spacial score (nSPS) is 17.9. The maximum atomic E-state index is 10.3. The Kier molecular flexibility index (Phi) is 14.6. The first-order valence-electron chi connectivity index (χ1n) is 13.7. The Hall–Kier alpha value is -4.35. The van der Waals surface area contributed by atoms with E-state index in [2.05, 4.69) is 46.0 Å². The van der Waals surface area contributed by atoms with Gasteiger partial charge in [-0.15, -0.1) is 0 Å². The van der Waals surface area contributed by atoms with Crippen LogP contribution in [-0.4, -0.2) is 85.3 Å². The van der Waals surface area contributed by atoms with Crippen LogP contribution in [0.5, 0.6) is 5.75 Å². The number of carboxylic acid groups (broad SMARTS) is 3. The minimum absolute atomic E-state index is 0.0671. The average Bonchev–Trinajstić information content (AvgIpc) is 3.62. The first-order chi connectivity index (χ1) is 20.1. The van der Waals surface area contributed by atoms with Crippen LogP contribution in [0.2, 0.25) is 0 Å². The Morgan fingerprint density at radius 1 is 0.738 bits per heavy atom. The number of pyridine rings is 2. The van der Waals surface area contributed by atoms with Crippen LogP contribution in [0.25, 0.3) is 0 Å². The van der Waals surface area contributed by atoms with Crippen LogP contribution in [-0.2, 0) is 9.59 Å². The minimum atomic E-state index is -1.11. The SMILES string of the molecule is CN1CCCC1c1cccnc1.CN1CCCC1c1cccnc1.O=C(O)CCC(=O)O.O=C(O)c1ccccc1O. The van der Waals surface area contributed by atoms with Crippen molar-refractivity contribution in [3.05, 3.63) is 90.0 Å². The van der Waals surface area contributed by atoms with Crippen molar-refractivity contribution < 1.29 is 34.8 Å². The second-order valence-corrected chi connectivity index (χ2v) is 9.96. The van der Waals surface area contributed by atoms with E-state index in [1.807, 2.05) is 36.9 Å². The Morgan fingerprint density at radius 3 is 1.48 bits per heavy atom. The number of carbonyl (C=O) groups is 3. The molecule has 0 saturated carbocycles. The van der Waals surface area contributed by atoms with Gasteiger partial charge < -0.3 is 20.4 Å². The molecule has 42 heavy (non-hydrogen) atoms. The van der Waals surface area contributed by atoms with E-state index in [1.165, 1.54) is 62.0 Å². The largest absolute Gasteiger partial charge is 0.507 e. The third-order valence-corrected chi connectivity index (χ3v) is 6.87. The fourth-order valence-electron chi connectivity index (χ4n) is 4.68. The summed E-state index contributed by atoms with van der Waals surface area (Å²) in [5, 5.41) is 33.1. The molecule has 3 aromatic rings. The molecule has 2 atom stereocenters. The number of phenols is 1. The van der Waals surface area contributed by atoms with Gasteiger partial charge in [0, 0.05) is 36.9 Å². The van der Waals surface area contributed by atoms with E-state index in [0.29, 0.717) is 12.1 Å². The lowest BCUT2D eigenvalue weighted by Gasteiger charge is -2.18. The Balaban J connectivity index is 0.000000199. The molecule has 2 fully saturated rings. The van der Waals surface area contributed by atoms with Crippen LogP contribution >= 0.6 is 0 Å². The molecule has 0 spiro atoms. The number of nitrogens with zero attached hydrogens (tertiary/aromatic N) is 4. The van der Waals surface area contributed by atoms with Gasteiger partial charge in [0.15, 0.2) is 0 Å². The zero-order chi connectivity index (χ0) is 30.9. The molecule has 11 heteroatoms. The highest BCUT2D eigenvalue weighted by atomic mass is 16.4. The van der Waals surface area contributed by atoms with Gasteiger partial charge in [-0.1, -0.05) is 24.3 Å². The molecule has 4 heterocycles. The van der Waals surface area contributed by atoms with Crippen LogP contribution in [0.4, 0.5) is 0 Å². The summed E-state index contributed by atoms with van der Waals surface area (Å²) in [6, 6.07) is 15.4. The highest BCUT2D eigenvalue weighted by molar-refractivity contribution is 5.90. The number of carboxylic acids is 3. The molecule has 0 bridgehead atoms. The van der Waals surface area contributed by atoms with Gasteiger partial charge in [-0.05, 0) is 88.3 Å². The molecule has 0 aliphatic carbocycles. The lowest BCUT2D eigenvalue weighted by atomic mass is 10.1. The third kappa shape index (κ3) is 12.0. The van der Waals surface area contributed by atoms with Gasteiger partial charge in [0.1, 0.15) is 11.3 Å². The Bertz CT molecular complexity index is 1170. The van der Waals surface area contributed by atoms with Gasteiger partial charge in [-0.2, -0.15) is 0 Å². The number of hydrogen-bond acceptors (Lipinski definition) is 8. The van der Waals surface area contributed by atoms with Crippen molar-refractivity contribution in [1.29, 1.82) is 0 Å². The fourth-order valence-corrected chi connectivity index (χ4v) is 4.68. The standard InChI is InChI=1S/2C10H14N2.C7H6O3.C4H6O4/c2*1-12-7-3-5-10(12)9-4-2-6-11-8-9;8-6-4-2-1-3-5(6)7(9)10;5-3(6)1-2-4(7)8/h2*2,4,6,8,10H,3,5,7H2,1H3;1-4,8H,(H,9,10);1-2H2,(H,5,6)(H,7,8). The molecule has 2 unspecified atom stereocenters. The number of aliphatic carboxylic acids is 2. The summed E-state index contributed by atoms with van der Waals surface area (Å²) in [6.45, 7) is 2.44. The van der Waals surface area contributed by atoms with E-state index in [9.17, 15) is 14.4 Å². The van der Waals surface area contributed by atoms with E-state index in [4.69, 9.17) is 20.4 Å². The molecule has 0 amide bonds. The van der Waals surface area contributed by atoms with E-state index >= 15 is 0 Å².